The number of hydrogen-bond acceptors (Lipinski definition) is 7. The second kappa shape index (κ2) is 5.15. The van der Waals surface area contributed by atoms with E-state index in [1.807, 2.05) is 0 Å². The van der Waals surface area contributed by atoms with Gasteiger partial charge in [0.25, 0.3) is 0 Å². The van der Waals surface area contributed by atoms with Crippen LogP contribution in [0.3, 0.4) is 0 Å². The van der Waals surface area contributed by atoms with Gasteiger partial charge in [0, 0.05) is 0 Å². The van der Waals surface area contributed by atoms with Crippen molar-refractivity contribution in [3.8, 4) is 6.07 Å². The standard InChI is InChI=1S/C11H7FN6O2/c12-7-3-6(4-13)1-2-8(7)17-11-9(18(19)20)10(14)15-5-16-11/h1-3,5H,(H3,14,15,16,17). The van der Waals surface area contributed by atoms with Crippen molar-refractivity contribution < 1.29 is 9.31 Å². The van der Waals surface area contributed by atoms with E-state index in [1.54, 1.807) is 6.07 Å². The van der Waals surface area contributed by atoms with Crippen LogP contribution in [0.4, 0.5) is 27.4 Å². The van der Waals surface area contributed by atoms with Gasteiger partial charge in [0.2, 0.25) is 11.6 Å². The maximum Gasteiger partial charge on any atom is 0.353 e. The van der Waals surface area contributed by atoms with E-state index in [-0.39, 0.29) is 22.9 Å². The molecule has 9 heteroatoms. The second-order valence-corrected chi connectivity index (χ2v) is 3.64. The number of benzene rings is 1. The molecule has 0 fully saturated rings. The van der Waals surface area contributed by atoms with Gasteiger partial charge in [-0.2, -0.15) is 5.26 Å². The molecule has 0 aliphatic heterocycles. The van der Waals surface area contributed by atoms with E-state index in [0.29, 0.717) is 0 Å². The van der Waals surface area contributed by atoms with Crippen molar-refractivity contribution in [2.75, 3.05) is 11.1 Å². The first-order chi connectivity index (χ1) is 9.52. The SMILES string of the molecule is N#Cc1ccc(Nc2ncnc(N)c2[N+](=O)[O-])c(F)c1. The highest BCUT2D eigenvalue weighted by Crippen LogP contribution is 2.30. The lowest BCUT2D eigenvalue weighted by Crippen LogP contribution is -2.05. The minimum atomic E-state index is -0.765. The van der Waals surface area contributed by atoms with Crippen LogP contribution < -0.4 is 11.1 Å². The zero-order valence-electron chi connectivity index (χ0n) is 9.87. The van der Waals surface area contributed by atoms with E-state index in [9.17, 15) is 14.5 Å². The maximum absolute atomic E-state index is 13.7. The molecule has 0 atom stereocenters. The van der Waals surface area contributed by atoms with Gasteiger partial charge in [-0.15, -0.1) is 0 Å². The Bertz CT molecular complexity index is 727. The molecule has 100 valence electrons. The van der Waals surface area contributed by atoms with Gasteiger partial charge in [-0.25, -0.2) is 14.4 Å². The molecule has 0 bridgehead atoms. The third-order valence-corrected chi connectivity index (χ3v) is 2.38. The van der Waals surface area contributed by atoms with Crippen molar-refractivity contribution in [3.63, 3.8) is 0 Å². The van der Waals surface area contributed by atoms with Crippen LogP contribution in [-0.4, -0.2) is 14.9 Å². The second-order valence-electron chi connectivity index (χ2n) is 3.64. The number of nitrogens with two attached hydrogens (primary N) is 1. The van der Waals surface area contributed by atoms with Crippen molar-refractivity contribution >= 4 is 23.0 Å². The summed E-state index contributed by atoms with van der Waals surface area (Å²) in [5, 5.41) is 22.0. The molecule has 1 aromatic carbocycles. The molecule has 2 rings (SSSR count). The van der Waals surface area contributed by atoms with Gasteiger partial charge in [0.1, 0.15) is 12.1 Å². The highest BCUT2D eigenvalue weighted by atomic mass is 19.1. The van der Waals surface area contributed by atoms with Crippen molar-refractivity contribution in [1.82, 2.24) is 9.97 Å². The summed E-state index contributed by atoms with van der Waals surface area (Å²) in [6, 6.07) is 5.41. The van der Waals surface area contributed by atoms with E-state index in [1.165, 1.54) is 12.1 Å². The Morgan fingerprint density at radius 2 is 2.20 bits per heavy atom. The Morgan fingerprint density at radius 1 is 1.45 bits per heavy atom. The van der Waals surface area contributed by atoms with Crippen molar-refractivity contribution in [2.24, 2.45) is 0 Å². The van der Waals surface area contributed by atoms with E-state index >= 15 is 0 Å². The maximum atomic E-state index is 13.7. The summed E-state index contributed by atoms with van der Waals surface area (Å²) in [6.07, 6.45) is 1.02. The molecule has 2 aromatic rings. The highest BCUT2D eigenvalue weighted by molar-refractivity contribution is 5.72. The summed E-state index contributed by atoms with van der Waals surface area (Å²) >= 11 is 0. The Balaban J connectivity index is 2.43. The lowest BCUT2D eigenvalue weighted by atomic mass is 10.2. The van der Waals surface area contributed by atoms with Crippen LogP contribution in [0, 0.1) is 27.3 Å². The molecule has 0 aliphatic rings. The molecule has 3 N–H and O–H groups in total. The molecule has 0 saturated heterocycles. The Kier molecular flexibility index (Phi) is 3.39. The van der Waals surface area contributed by atoms with Crippen LogP contribution in [-0.2, 0) is 0 Å². The smallest absolute Gasteiger partial charge is 0.353 e. The summed E-state index contributed by atoms with van der Waals surface area (Å²) < 4.78 is 13.7. The average molecular weight is 274 g/mol. The van der Waals surface area contributed by atoms with Crippen molar-refractivity contribution in [2.45, 2.75) is 0 Å². The van der Waals surface area contributed by atoms with Crippen molar-refractivity contribution in [3.05, 3.63) is 46.0 Å². The topological polar surface area (TPSA) is 131 Å². The zero-order valence-corrected chi connectivity index (χ0v) is 9.87. The third-order valence-electron chi connectivity index (χ3n) is 2.38. The number of nitrogens with one attached hydrogen (secondary N) is 1. The van der Waals surface area contributed by atoms with E-state index in [4.69, 9.17) is 11.0 Å². The molecular weight excluding hydrogens is 267 g/mol. The fourth-order valence-corrected chi connectivity index (χ4v) is 1.48. The minimum Gasteiger partial charge on any atom is -0.378 e. The van der Waals surface area contributed by atoms with Crippen LogP contribution >= 0.6 is 0 Å². The normalized spacial score (nSPS) is 9.80. The van der Waals surface area contributed by atoms with E-state index in [2.05, 4.69) is 15.3 Å². The number of nitrogens with zero attached hydrogens (tertiary/aromatic N) is 4. The largest absolute Gasteiger partial charge is 0.378 e. The summed E-state index contributed by atoms with van der Waals surface area (Å²) in [4.78, 5) is 17.3. The number of anilines is 3. The van der Waals surface area contributed by atoms with Gasteiger partial charge in [-0.05, 0) is 18.2 Å². The molecule has 0 amide bonds. The molecule has 0 spiro atoms. The van der Waals surface area contributed by atoms with Gasteiger partial charge in [0.15, 0.2) is 0 Å². The number of nitrogen functional groups attached to an aromatic ring is 1. The molecule has 1 heterocycles. The Morgan fingerprint density at radius 3 is 2.80 bits per heavy atom. The molecule has 0 aliphatic carbocycles. The first-order valence-electron chi connectivity index (χ1n) is 5.24. The van der Waals surface area contributed by atoms with Crippen molar-refractivity contribution in [1.29, 1.82) is 5.26 Å². The molecule has 8 nitrogen and oxygen atoms in total. The number of rotatable bonds is 3. The average Bonchev–Trinajstić information content (AvgIpc) is 2.40. The molecule has 0 saturated carbocycles. The van der Waals surface area contributed by atoms with Crippen LogP contribution in [0.15, 0.2) is 24.5 Å². The van der Waals surface area contributed by atoms with E-state index in [0.717, 1.165) is 12.4 Å². The van der Waals surface area contributed by atoms with Crippen LogP contribution in [0.5, 0.6) is 0 Å². The van der Waals surface area contributed by atoms with E-state index < -0.39 is 16.4 Å². The summed E-state index contributed by atoms with van der Waals surface area (Å²) in [7, 11) is 0. The zero-order chi connectivity index (χ0) is 14.7. The summed E-state index contributed by atoms with van der Waals surface area (Å²) in [5.41, 5.74) is 4.91. The Labute approximate surface area is 111 Å². The molecule has 0 unspecified atom stereocenters. The predicted molar refractivity (Wildman–Crippen MR) is 67.5 cm³/mol. The molecule has 1 aromatic heterocycles. The lowest BCUT2D eigenvalue weighted by Gasteiger charge is -2.07. The fraction of sp³-hybridized carbons (Fsp3) is 0. The number of nitriles is 1. The third kappa shape index (κ3) is 2.44. The number of halogens is 1. The number of hydrogen-bond donors (Lipinski definition) is 2. The Hall–Kier alpha value is -3.28. The van der Waals surface area contributed by atoms with Gasteiger partial charge in [0.05, 0.1) is 22.2 Å². The highest BCUT2D eigenvalue weighted by Gasteiger charge is 2.21. The monoisotopic (exact) mass is 274 g/mol. The molecule has 20 heavy (non-hydrogen) atoms. The number of nitro groups is 1. The first-order valence-corrected chi connectivity index (χ1v) is 5.24. The quantitative estimate of drug-likeness (QED) is 0.643. The van der Waals surface area contributed by atoms with Crippen LogP contribution in [0.25, 0.3) is 0 Å². The fourth-order valence-electron chi connectivity index (χ4n) is 1.48. The van der Waals surface area contributed by atoms with Crippen LogP contribution in [0.1, 0.15) is 5.56 Å². The summed E-state index contributed by atoms with van der Waals surface area (Å²) in [5.74, 6) is -1.30. The first kappa shape index (κ1) is 13.2. The van der Waals surface area contributed by atoms with Gasteiger partial charge >= 0.3 is 5.69 Å². The summed E-state index contributed by atoms with van der Waals surface area (Å²) in [6.45, 7) is 0. The molecule has 0 radical (unpaired) electrons. The van der Waals surface area contributed by atoms with Gasteiger partial charge < -0.3 is 11.1 Å². The number of aromatic nitrogens is 2. The minimum absolute atomic E-state index is 0.0646. The van der Waals surface area contributed by atoms with Gasteiger partial charge in [-0.1, -0.05) is 0 Å². The molecular formula is C11H7FN6O2. The lowest BCUT2D eigenvalue weighted by molar-refractivity contribution is -0.383. The van der Waals surface area contributed by atoms with Crippen LogP contribution in [0.2, 0.25) is 0 Å². The predicted octanol–water partition coefficient (Wildman–Crippen LogP) is 1.72. The van der Waals surface area contributed by atoms with Gasteiger partial charge in [-0.3, -0.25) is 10.1 Å².